The topological polar surface area (TPSA) is 38.0 Å². The summed E-state index contributed by atoms with van der Waals surface area (Å²) in [5.74, 6) is -3.22. The van der Waals surface area contributed by atoms with E-state index >= 15 is 0 Å². The molecule has 0 amide bonds. The van der Waals surface area contributed by atoms with Gasteiger partial charge in [-0.05, 0) is 20.3 Å². The Morgan fingerprint density at radius 3 is 2.50 bits per heavy atom. The van der Waals surface area contributed by atoms with Crippen molar-refractivity contribution in [1.29, 1.82) is 0 Å². The van der Waals surface area contributed by atoms with Gasteiger partial charge in [-0.3, -0.25) is 4.68 Å². The summed E-state index contributed by atoms with van der Waals surface area (Å²) in [4.78, 5) is 0. The van der Waals surface area contributed by atoms with Gasteiger partial charge in [0.15, 0.2) is 0 Å². The van der Waals surface area contributed by atoms with E-state index in [1.807, 2.05) is 0 Å². The number of nitrogens with zero attached hydrogens (tertiary/aromatic N) is 2. The molecular formula is C11H14F4N2O. The summed E-state index contributed by atoms with van der Waals surface area (Å²) in [5.41, 5.74) is -1.69. The number of alkyl halides is 4. The molecule has 3 nitrogen and oxygen atoms in total. The van der Waals surface area contributed by atoms with E-state index in [4.69, 9.17) is 0 Å². The summed E-state index contributed by atoms with van der Waals surface area (Å²) < 4.78 is 54.3. The number of hydrogen-bond donors (Lipinski definition) is 1. The highest BCUT2D eigenvalue weighted by atomic mass is 19.3. The molecule has 1 aromatic rings. The molecule has 102 valence electrons. The fourth-order valence-electron chi connectivity index (χ4n) is 2.27. The van der Waals surface area contributed by atoms with Crippen LogP contribution in [0.1, 0.15) is 62.2 Å². The van der Waals surface area contributed by atoms with Crippen molar-refractivity contribution in [2.75, 3.05) is 0 Å². The normalized spacial score (nSPS) is 22.6. The van der Waals surface area contributed by atoms with Crippen molar-refractivity contribution in [3.05, 3.63) is 17.0 Å². The minimum atomic E-state index is -3.22. The molecule has 18 heavy (non-hydrogen) atoms. The fourth-order valence-corrected chi connectivity index (χ4v) is 2.27. The first-order valence-corrected chi connectivity index (χ1v) is 5.72. The highest BCUT2D eigenvalue weighted by Crippen LogP contribution is 2.47. The van der Waals surface area contributed by atoms with Gasteiger partial charge in [-0.25, -0.2) is 8.78 Å². The van der Waals surface area contributed by atoms with Crippen LogP contribution >= 0.6 is 0 Å². The number of aliphatic hydroxyl groups is 1. The molecule has 1 unspecified atom stereocenters. The van der Waals surface area contributed by atoms with E-state index in [0.29, 0.717) is 0 Å². The molecule has 0 saturated carbocycles. The highest BCUT2D eigenvalue weighted by molar-refractivity contribution is 5.35. The van der Waals surface area contributed by atoms with Crippen LogP contribution in [0, 0.1) is 0 Å². The van der Waals surface area contributed by atoms with Crippen LogP contribution in [0.2, 0.25) is 0 Å². The average Bonchev–Trinajstić information content (AvgIpc) is 2.66. The molecule has 0 fully saturated rings. The lowest BCUT2D eigenvalue weighted by molar-refractivity contribution is -0.0506. The largest absolute Gasteiger partial charge is 0.388 e. The molecule has 1 heterocycles. The smallest absolute Gasteiger partial charge is 0.289 e. The lowest BCUT2D eigenvalue weighted by Gasteiger charge is -2.28. The highest BCUT2D eigenvalue weighted by Gasteiger charge is 2.47. The molecule has 1 atom stereocenters. The van der Waals surface area contributed by atoms with Gasteiger partial charge in [0.2, 0.25) is 0 Å². The van der Waals surface area contributed by atoms with Crippen molar-refractivity contribution in [2.24, 2.45) is 0 Å². The molecule has 0 saturated heterocycles. The average molecular weight is 266 g/mol. The zero-order valence-corrected chi connectivity index (χ0v) is 10.00. The van der Waals surface area contributed by atoms with Gasteiger partial charge < -0.3 is 5.11 Å². The number of rotatable bonds is 2. The third kappa shape index (κ3) is 1.90. The summed E-state index contributed by atoms with van der Waals surface area (Å²) in [6, 6.07) is -0.470. The van der Waals surface area contributed by atoms with Crippen LogP contribution in [-0.4, -0.2) is 14.9 Å². The predicted octanol–water partition coefficient (Wildman–Crippen LogP) is 3.32. The molecule has 0 spiro atoms. The molecule has 1 aromatic heterocycles. The molecule has 0 aliphatic heterocycles. The van der Waals surface area contributed by atoms with Crippen molar-refractivity contribution in [1.82, 2.24) is 9.78 Å². The SMILES string of the molecule is CC(C)n1nc(C(F)F)c2c1C(F)(F)CCC2O. The van der Waals surface area contributed by atoms with Crippen molar-refractivity contribution < 1.29 is 22.7 Å². The molecule has 0 aromatic carbocycles. The van der Waals surface area contributed by atoms with Crippen LogP contribution in [0.15, 0.2) is 0 Å². The van der Waals surface area contributed by atoms with E-state index in [0.717, 1.165) is 4.68 Å². The molecule has 1 aliphatic carbocycles. The van der Waals surface area contributed by atoms with Gasteiger partial charge in [-0.2, -0.15) is 13.9 Å². The van der Waals surface area contributed by atoms with Crippen LogP contribution in [0.4, 0.5) is 17.6 Å². The van der Waals surface area contributed by atoms with Gasteiger partial charge >= 0.3 is 0 Å². The number of fused-ring (bicyclic) bond motifs is 1. The maximum atomic E-state index is 13.9. The number of aliphatic hydroxyl groups excluding tert-OH is 1. The van der Waals surface area contributed by atoms with Crippen LogP contribution < -0.4 is 0 Å². The maximum absolute atomic E-state index is 13.9. The van der Waals surface area contributed by atoms with Gasteiger partial charge in [-0.1, -0.05) is 0 Å². The van der Waals surface area contributed by atoms with E-state index in [1.165, 1.54) is 0 Å². The Morgan fingerprint density at radius 1 is 1.39 bits per heavy atom. The van der Waals surface area contributed by atoms with Crippen LogP contribution in [0.5, 0.6) is 0 Å². The first-order chi connectivity index (χ1) is 8.25. The Kier molecular flexibility index (Phi) is 3.12. The van der Waals surface area contributed by atoms with Gasteiger partial charge in [0, 0.05) is 18.0 Å². The first-order valence-electron chi connectivity index (χ1n) is 5.72. The number of halogens is 4. The van der Waals surface area contributed by atoms with Crippen LogP contribution in [0.25, 0.3) is 0 Å². The second-order valence-electron chi connectivity index (χ2n) is 4.75. The van der Waals surface area contributed by atoms with Crippen molar-refractivity contribution in [2.45, 2.75) is 51.2 Å². The summed E-state index contributed by atoms with van der Waals surface area (Å²) >= 11 is 0. The third-order valence-corrected chi connectivity index (χ3v) is 3.08. The van der Waals surface area contributed by atoms with E-state index in [1.54, 1.807) is 13.8 Å². The fraction of sp³-hybridized carbons (Fsp3) is 0.727. The van der Waals surface area contributed by atoms with E-state index in [2.05, 4.69) is 5.10 Å². The quantitative estimate of drug-likeness (QED) is 0.834. The Bertz CT molecular complexity index is 456. The summed E-state index contributed by atoms with van der Waals surface area (Å²) in [7, 11) is 0. The zero-order valence-electron chi connectivity index (χ0n) is 10.00. The first kappa shape index (κ1) is 13.3. The Morgan fingerprint density at radius 2 is 2.00 bits per heavy atom. The van der Waals surface area contributed by atoms with E-state index < -0.39 is 47.9 Å². The minimum absolute atomic E-state index is 0.233. The maximum Gasteiger partial charge on any atom is 0.289 e. The van der Waals surface area contributed by atoms with Crippen molar-refractivity contribution in [3.8, 4) is 0 Å². The second-order valence-corrected chi connectivity index (χ2v) is 4.75. The number of hydrogen-bond acceptors (Lipinski definition) is 2. The number of aromatic nitrogens is 2. The summed E-state index contributed by atoms with van der Waals surface area (Å²) in [6.45, 7) is 3.17. The van der Waals surface area contributed by atoms with Crippen LogP contribution in [0.3, 0.4) is 0 Å². The molecular weight excluding hydrogens is 252 g/mol. The molecule has 0 bridgehead atoms. The van der Waals surface area contributed by atoms with Gasteiger partial charge in [0.25, 0.3) is 12.3 Å². The summed E-state index contributed by atoms with van der Waals surface area (Å²) in [6.07, 6.45) is -5.05. The standard InChI is InChI=1S/C11H14F4N2O/c1-5(2)17-9-7(8(16-17)10(12)13)6(18)3-4-11(9,14)15/h5-6,10,18H,3-4H2,1-2H3. The molecule has 2 rings (SSSR count). The van der Waals surface area contributed by atoms with E-state index in [-0.39, 0.29) is 6.42 Å². The Labute approximate surface area is 101 Å². The second kappa shape index (κ2) is 4.22. The van der Waals surface area contributed by atoms with Crippen molar-refractivity contribution in [3.63, 3.8) is 0 Å². The zero-order chi connectivity index (χ0) is 13.7. The molecule has 7 heteroatoms. The van der Waals surface area contributed by atoms with Crippen LogP contribution in [-0.2, 0) is 5.92 Å². The monoisotopic (exact) mass is 266 g/mol. The van der Waals surface area contributed by atoms with Gasteiger partial charge in [-0.15, -0.1) is 0 Å². The third-order valence-electron chi connectivity index (χ3n) is 3.08. The summed E-state index contributed by atoms with van der Waals surface area (Å²) in [5, 5.41) is 13.3. The molecule has 1 aliphatic rings. The van der Waals surface area contributed by atoms with Crippen molar-refractivity contribution >= 4 is 0 Å². The predicted molar refractivity (Wildman–Crippen MR) is 55.7 cm³/mol. The van der Waals surface area contributed by atoms with Gasteiger partial charge in [0.05, 0.1) is 6.10 Å². The molecule has 0 radical (unpaired) electrons. The lowest BCUT2D eigenvalue weighted by Crippen LogP contribution is -2.27. The minimum Gasteiger partial charge on any atom is -0.388 e. The lowest BCUT2D eigenvalue weighted by atomic mass is 9.90. The van der Waals surface area contributed by atoms with E-state index in [9.17, 15) is 22.7 Å². The Balaban J connectivity index is 2.70. The Hall–Kier alpha value is -1.11. The van der Waals surface area contributed by atoms with Gasteiger partial charge in [0.1, 0.15) is 11.4 Å². The molecule has 1 N–H and O–H groups in total.